The van der Waals surface area contributed by atoms with Gasteiger partial charge in [0.05, 0.1) is 0 Å². The van der Waals surface area contributed by atoms with Crippen LogP contribution in [0.1, 0.15) is 29.6 Å². The SMILES string of the molecule is O=C(O)c1cc[c]([Sn]([CH2]CC(F)(F)C(F)(F)C(F)(F)C(F)(F)C(F)(F)C(F)(F)F)([CH2]CC(F)(F)C(F)(F)C(F)(F)C(F)(F)C(F)(F)C(F)(F)F)[CH2]CC(F)(F)C(F)(F)C(F)(F)C(F)(F)C(F)(F)C(F)(F)F)cc1. The van der Waals surface area contributed by atoms with Crippen LogP contribution in [0, 0.1) is 0 Å². The molecule has 42 heteroatoms. The molecule has 0 atom stereocenters. The van der Waals surface area contributed by atoms with Gasteiger partial charge >= 0.3 is 379 Å². The van der Waals surface area contributed by atoms with E-state index in [-0.39, 0.29) is 12.1 Å². The Bertz CT molecular complexity index is 1900. The van der Waals surface area contributed by atoms with E-state index < -0.39 is 186 Å². The number of benzene rings is 1. The van der Waals surface area contributed by atoms with Crippen LogP contribution in [-0.4, -0.2) is 137 Å². The molecule has 73 heavy (non-hydrogen) atoms. The molecule has 0 spiro atoms. The number of carboxylic acids is 1. The van der Waals surface area contributed by atoms with Crippen molar-refractivity contribution in [1.29, 1.82) is 0 Å². The summed E-state index contributed by atoms with van der Waals surface area (Å²) in [6, 6.07) is -1.45. The molecular formula is C31H17F39O2Sn. The summed E-state index contributed by atoms with van der Waals surface area (Å²) in [6.45, 7) is 0. The second kappa shape index (κ2) is 18.7. The van der Waals surface area contributed by atoms with E-state index in [0.29, 0.717) is 0 Å². The predicted octanol–water partition coefficient (Wildman–Crippen LogP) is 15.4. The van der Waals surface area contributed by atoms with E-state index in [0.717, 1.165) is 0 Å². The Balaban J connectivity index is 4.54. The van der Waals surface area contributed by atoms with Gasteiger partial charge in [-0.1, -0.05) is 0 Å². The van der Waals surface area contributed by atoms with Gasteiger partial charge in [-0.05, 0) is 0 Å². The van der Waals surface area contributed by atoms with E-state index in [1.54, 1.807) is 0 Å². The van der Waals surface area contributed by atoms with E-state index in [1.165, 1.54) is 0 Å². The molecule has 0 unspecified atom stereocenters. The molecule has 0 radical (unpaired) electrons. The van der Waals surface area contributed by atoms with Gasteiger partial charge in [-0.3, -0.25) is 0 Å². The molecule has 2 nitrogen and oxygen atoms in total. The molecule has 0 amide bonds. The first kappa shape index (κ1) is 67.8. The van der Waals surface area contributed by atoms with Gasteiger partial charge < -0.3 is 0 Å². The first-order valence-corrected chi connectivity index (χ1v) is 25.0. The maximum absolute atomic E-state index is 15.1. The van der Waals surface area contributed by atoms with E-state index in [4.69, 9.17) is 5.11 Å². The van der Waals surface area contributed by atoms with Crippen LogP contribution in [0.3, 0.4) is 0 Å². The van der Waals surface area contributed by atoms with Gasteiger partial charge in [0, 0.05) is 0 Å². The third kappa shape index (κ3) is 10.3. The molecule has 0 saturated heterocycles. The van der Waals surface area contributed by atoms with Gasteiger partial charge in [-0.15, -0.1) is 0 Å². The number of rotatable bonds is 23. The molecule has 0 heterocycles. The zero-order valence-corrected chi connectivity index (χ0v) is 36.0. The Morgan fingerprint density at radius 1 is 0.301 bits per heavy atom. The topological polar surface area (TPSA) is 37.3 Å². The molecule has 1 aromatic rings. The van der Waals surface area contributed by atoms with Crippen LogP contribution in [0.2, 0.25) is 13.3 Å². The Hall–Kier alpha value is -3.24. The van der Waals surface area contributed by atoms with Crippen LogP contribution in [0.4, 0.5) is 171 Å². The molecule has 0 aliphatic carbocycles. The molecule has 0 fully saturated rings. The molecule has 1 rings (SSSR count). The van der Waals surface area contributed by atoms with Crippen LogP contribution >= 0.6 is 0 Å². The van der Waals surface area contributed by atoms with Crippen LogP contribution in [0.5, 0.6) is 0 Å². The molecule has 0 bridgehead atoms. The minimum atomic E-state index is -8.93. The quantitative estimate of drug-likeness (QED) is 0.0876. The second-order valence-electron chi connectivity index (χ2n) is 15.2. The fraction of sp³-hybridized carbons (Fsp3) is 0.774. The zero-order chi connectivity index (χ0) is 59.3. The van der Waals surface area contributed by atoms with Gasteiger partial charge in [0.2, 0.25) is 0 Å². The Labute approximate surface area is 379 Å². The van der Waals surface area contributed by atoms with Gasteiger partial charge in [-0.25, -0.2) is 0 Å². The predicted molar refractivity (Wildman–Crippen MR) is 159 cm³/mol. The van der Waals surface area contributed by atoms with Crippen LogP contribution in [0.15, 0.2) is 24.3 Å². The summed E-state index contributed by atoms with van der Waals surface area (Å²) >= 11 is -8.39. The number of carboxylic acid groups (broad SMARTS) is 1. The van der Waals surface area contributed by atoms with Crippen LogP contribution < -0.4 is 3.58 Å². The number of carbonyl (C=O) groups is 1. The van der Waals surface area contributed by atoms with Crippen molar-refractivity contribution in [3.8, 4) is 0 Å². The first-order chi connectivity index (χ1) is 31.3. The van der Waals surface area contributed by atoms with Crippen molar-refractivity contribution in [2.24, 2.45) is 0 Å². The molecule has 0 saturated carbocycles. The van der Waals surface area contributed by atoms with Crippen molar-refractivity contribution >= 4 is 27.9 Å². The van der Waals surface area contributed by atoms with Crippen LogP contribution in [0.25, 0.3) is 0 Å². The van der Waals surface area contributed by atoms with E-state index in [2.05, 4.69) is 0 Å². The summed E-state index contributed by atoms with van der Waals surface area (Å²) in [5, 5.41) is 9.03. The van der Waals surface area contributed by atoms with Gasteiger partial charge in [0.25, 0.3) is 0 Å². The average molecular weight is 1280 g/mol. The summed E-state index contributed by atoms with van der Waals surface area (Å²) in [7, 11) is 0. The first-order valence-electron chi connectivity index (χ1n) is 17.5. The summed E-state index contributed by atoms with van der Waals surface area (Å²) in [5.41, 5.74) is -1.44. The Morgan fingerprint density at radius 3 is 0.644 bits per heavy atom. The van der Waals surface area contributed by atoms with E-state index in [9.17, 15) is 150 Å². The summed E-state index contributed by atoms with van der Waals surface area (Å²) in [6.07, 6.45) is -36.9. The standard InChI is InChI=1S/3C8H4F13.C7H5O2.Sn/c3*1-2-3(9,10)4(11,12)5(13,14)6(15,16)7(17,18)8(19,20)21;8-7(9)6-4-2-1-3-5-6;/h3*1-2H2;2-5H,(H,8,9);. The summed E-state index contributed by atoms with van der Waals surface area (Å²) in [5.74, 6) is -131. The Morgan fingerprint density at radius 2 is 0.479 bits per heavy atom. The molecule has 0 aliphatic heterocycles. The van der Waals surface area contributed by atoms with Crippen molar-refractivity contribution in [2.45, 2.75) is 140 Å². The summed E-state index contributed by atoms with van der Waals surface area (Å²) in [4.78, 5) is 11.3. The molecule has 0 aromatic heterocycles. The van der Waals surface area contributed by atoms with Crippen molar-refractivity contribution in [1.82, 2.24) is 0 Å². The molecule has 0 aliphatic rings. The van der Waals surface area contributed by atoms with Crippen molar-refractivity contribution in [2.75, 3.05) is 0 Å². The molecule has 1 aromatic carbocycles. The average Bonchev–Trinajstić information content (AvgIpc) is 3.18. The summed E-state index contributed by atoms with van der Waals surface area (Å²) < 4.78 is 529. The molecule has 1 N–H and O–H groups in total. The normalized spacial score (nSPS) is 16.3. The van der Waals surface area contributed by atoms with Gasteiger partial charge in [-0.2, -0.15) is 0 Å². The monoisotopic (exact) mass is 1280 g/mol. The number of halogens is 39. The van der Waals surface area contributed by atoms with Crippen LogP contribution in [-0.2, 0) is 0 Å². The number of aromatic carboxylic acids is 1. The molecular weight excluding hydrogens is 1260 g/mol. The van der Waals surface area contributed by atoms with E-state index in [1.807, 2.05) is 0 Å². The Kier molecular flexibility index (Phi) is 17.4. The minimum absolute atomic E-state index is 0.272. The van der Waals surface area contributed by atoms with Crippen molar-refractivity contribution in [3.05, 3.63) is 29.8 Å². The van der Waals surface area contributed by atoms with Crippen molar-refractivity contribution < 1.29 is 181 Å². The van der Waals surface area contributed by atoms with Gasteiger partial charge in [0.15, 0.2) is 0 Å². The fourth-order valence-corrected chi connectivity index (χ4v) is 19.7. The third-order valence-corrected chi connectivity index (χ3v) is 25.3. The van der Waals surface area contributed by atoms with Gasteiger partial charge in [0.1, 0.15) is 0 Å². The molecule has 430 valence electrons. The maximum atomic E-state index is 15.1. The third-order valence-electron chi connectivity index (χ3n) is 10.5. The number of hydrogen-bond acceptors (Lipinski definition) is 1. The fourth-order valence-electron chi connectivity index (χ4n) is 5.84. The second-order valence-corrected chi connectivity index (χ2v) is 28.4. The van der Waals surface area contributed by atoms with E-state index >= 15 is 26.3 Å². The zero-order valence-electron chi connectivity index (χ0n) is 33.1. The number of hydrogen-bond donors (Lipinski definition) is 1. The number of alkyl halides is 39. The van der Waals surface area contributed by atoms with Crippen molar-refractivity contribution in [3.63, 3.8) is 0 Å².